The van der Waals surface area contributed by atoms with Crippen molar-refractivity contribution in [3.63, 3.8) is 0 Å². The second-order valence-corrected chi connectivity index (χ2v) is 2.44. The molecule has 0 aliphatic carbocycles. The summed E-state index contributed by atoms with van der Waals surface area (Å²) in [5.74, 6) is 0. The first kappa shape index (κ1) is 16.5. The van der Waals surface area contributed by atoms with Crippen molar-refractivity contribution in [1.29, 1.82) is 0 Å². The molecule has 9 N–H and O–H groups in total. The van der Waals surface area contributed by atoms with Gasteiger partial charge in [-0.2, -0.15) is 0 Å². The highest BCUT2D eigenvalue weighted by molar-refractivity contribution is 5.64. The van der Waals surface area contributed by atoms with E-state index < -0.39 is 19.0 Å². The molecule has 0 fully saturated rings. The lowest BCUT2D eigenvalue weighted by atomic mass is 10.6. The maximum Gasteiger partial charge on any atom is 0.404 e. The zero-order valence-corrected chi connectivity index (χ0v) is 8.56. The monoisotopic (exact) mass is 224 g/mol. The van der Waals surface area contributed by atoms with Crippen LogP contribution in [0.2, 0.25) is 0 Å². The quantitative estimate of drug-likeness (QED) is 0.206. The van der Waals surface area contributed by atoms with Crippen LogP contribution in [0.5, 0.6) is 0 Å². The molecule has 8 nitrogen and oxygen atoms in total. The van der Waals surface area contributed by atoms with Crippen molar-refractivity contribution in [3.8, 4) is 0 Å². The molecule has 0 heterocycles. The molecule has 0 aromatic heterocycles. The van der Waals surface area contributed by atoms with Crippen molar-refractivity contribution in [2.45, 2.75) is 6.29 Å². The molecule has 0 unspecified atom stereocenters. The number of hydrogen-bond acceptors (Lipinski definition) is 7. The van der Waals surface area contributed by atoms with E-state index in [0.29, 0.717) is 13.1 Å². The van der Waals surface area contributed by atoms with Crippen LogP contribution in [-0.4, -0.2) is 55.4 Å². The molecule has 0 saturated heterocycles. The Labute approximate surface area is 88.4 Å². The van der Waals surface area contributed by atoms with E-state index >= 15 is 0 Å². The Hall–Kier alpha value is -0.930. The van der Waals surface area contributed by atoms with Gasteiger partial charge < -0.3 is 37.5 Å². The normalized spacial score (nSPS) is 9.40. The lowest BCUT2D eigenvalue weighted by Gasteiger charge is -2.00. The number of aliphatic hydroxyl groups is 2. The van der Waals surface area contributed by atoms with Crippen molar-refractivity contribution >= 4 is 6.09 Å². The second-order valence-electron chi connectivity index (χ2n) is 2.44. The molecular formula is C7H20N4O4. The van der Waals surface area contributed by atoms with Gasteiger partial charge in [0.25, 0.3) is 0 Å². The smallest absolute Gasteiger partial charge is 0.404 e. The van der Waals surface area contributed by atoms with Gasteiger partial charge in [0.1, 0.15) is 6.61 Å². The molecular weight excluding hydrogens is 204 g/mol. The van der Waals surface area contributed by atoms with Gasteiger partial charge in [0, 0.05) is 26.2 Å². The highest BCUT2D eigenvalue weighted by Gasteiger charge is 1.98. The van der Waals surface area contributed by atoms with Crippen molar-refractivity contribution in [1.82, 2.24) is 5.32 Å². The molecule has 15 heavy (non-hydrogen) atoms. The van der Waals surface area contributed by atoms with Gasteiger partial charge in [0.2, 0.25) is 0 Å². The number of ether oxygens (including phenoxy) is 1. The fraction of sp³-hybridized carbons (Fsp3) is 0.857. The molecule has 1 amide bonds. The zero-order valence-electron chi connectivity index (χ0n) is 8.56. The van der Waals surface area contributed by atoms with E-state index in [1.165, 1.54) is 0 Å². The van der Waals surface area contributed by atoms with Crippen molar-refractivity contribution < 1.29 is 19.7 Å². The van der Waals surface area contributed by atoms with E-state index in [0.717, 1.165) is 13.1 Å². The lowest BCUT2D eigenvalue weighted by molar-refractivity contribution is -0.0766. The average Bonchev–Trinajstić information content (AvgIpc) is 2.17. The van der Waals surface area contributed by atoms with Crippen LogP contribution in [0.4, 0.5) is 4.79 Å². The minimum absolute atomic E-state index is 0.477. The van der Waals surface area contributed by atoms with Gasteiger partial charge in [-0.05, 0) is 0 Å². The largest absolute Gasteiger partial charge is 0.444 e. The molecule has 0 spiro atoms. The van der Waals surface area contributed by atoms with Crippen LogP contribution >= 0.6 is 0 Å². The molecule has 92 valence electrons. The number of nitrogens with one attached hydrogen (secondary N) is 1. The molecule has 8 heteroatoms. The van der Waals surface area contributed by atoms with Crippen molar-refractivity contribution in [2.24, 2.45) is 17.2 Å². The van der Waals surface area contributed by atoms with Crippen molar-refractivity contribution in [2.75, 3.05) is 32.8 Å². The van der Waals surface area contributed by atoms with Crippen LogP contribution < -0.4 is 22.5 Å². The summed E-state index contributed by atoms with van der Waals surface area (Å²) >= 11 is 0. The summed E-state index contributed by atoms with van der Waals surface area (Å²) in [7, 11) is 0. The number of nitrogens with two attached hydrogens (primary N) is 3. The topological polar surface area (TPSA) is 157 Å². The minimum atomic E-state index is -1.64. The highest BCUT2D eigenvalue weighted by atomic mass is 16.6. The van der Waals surface area contributed by atoms with Crippen LogP contribution in [0.15, 0.2) is 0 Å². The van der Waals surface area contributed by atoms with Gasteiger partial charge in [-0.25, -0.2) is 4.79 Å². The Balaban J connectivity index is 0. The fourth-order valence-electron chi connectivity index (χ4n) is 0.486. The maximum atomic E-state index is 9.68. The third-order valence-corrected chi connectivity index (χ3v) is 1.02. The first-order chi connectivity index (χ1) is 7.04. The van der Waals surface area contributed by atoms with Gasteiger partial charge in [-0.1, -0.05) is 0 Å². The van der Waals surface area contributed by atoms with Crippen LogP contribution in [0, 0.1) is 0 Å². The van der Waals surface area contributed by atoms with E-state index in [1.54, 1.807) is 0 Å². The molecule has 0 aromatic carbocycles. The molecule has 0 rings (SSSR count). The Morgan fingerprint density at radius 1 is 1.27 bits per heavy atom. The van der Waals surface area contributed by atoms with Crippen LogP contribution in [0.3, 0.4) is 0 Å². The standard InChI is InChI=1S/C4H13N3.C3H7NO4/c5-1-3-7-4-2-6;4-3(7)8-1-2(5)6/h7H,1-6H2;2,5-6H,1H2,(H2,4,7). The van der Waals surface area contributed by atoms with E-state index in [1.807, 2.05) is 0 Å². The maximum absolute atomic E-state index is 9.68. The van der Waals surface area contributed by atoms with Crippen LogP contribution in [-0.2, 0) is 4.74 Å². The zero-order chi connectivity index (χ0) is 12.1. The first-order valence-corrected chi connectivity index (χ1v) is 4.43. The van der Waals surface area contributed by atoms with E-state index in [9.17, 15) is 4.79 Å². The van der Waals surface area contributed by atoms with E-state index in [-0.39, 0.29) is 0 Å². The summed E-state index contributed by atoms with van der Waals surface area (Å²) in [5, 5.41) is 19.1. The molecule has 0 aliphatic heterocycles. The number of amides is 1. The minimum Gasteiger partial charge on any atom is -0.444 e. The van der Waals surface area contributed by atoms with Gasteiger partial charge >= 0.3 is 6.09 Å². The number of carbonyl (C=O) groups excluding carboxylic acids is 1. The Kier molecular flexibility index (Phi) is 14.4. The summed E-state index contributed by atoms with van der Waals surface area (Å²) in [4.78, 5) is 9.68. The number of aliphatic hydroxyl groups excluding tert-OH is 1. The Morgan fingerprint density at radius 3 is 1.93 bits per heavy atom. The Morgan fingerprint density at radius 2 is 1.73 bits per heavy atom. The van der Waals surface area contributed by atoms with E-state index in [4.69, 9.17) is 21.7 Å². The fourth-order valence-corrected chi connectivity index (χ4v) is 0.486. The molecule has 0 saturated carbocycles. The number of primary amides is 1. The van der Waals surface area contributed by atoms with Gasteiger partial charge in [-0.15, -0.1) is 0 Å². The second kappa shape index (κ2) is 13.1. The molecule has 0 aliphatic rings. The third kappa shape index (κ3) is 24.6. The van der Waals surface area contributed by atoms with Crippen LogP contribution in [0.1, 0.15) is 0 Å². The number of hydrogen-bond donors (Lipinski definition) is 6. The average molecular weight is 224 g/mol. The SMILES string of the molecule is NC(=O)OCC(O)O.NCCNCCN. The summed E-state index contributed by atoms with van der Waals surface area (Å²) in [6.45, 7) is 2.66. The van der Waals surface area contributed by atoms with Gasteiger partial charge in [0.05, 0.1) is 0 Å². The third-order valence-electron chi connectivity index (χ3n) is 1.02. The van der Waals surface area contributed by atoms with Crippen LogP contribution in [0.25, 0.3) is 0 Å². The number of rotatable bonds is 6. The summed E-state index contributed by atoms with van der Waals surface area (Å²) in [6, 6.07) is 0. The lowest BCUT2D eigenvalue weighted by Crippen LogP contribution is -2.27. The summed E-state index contributed by atoms with van der Waals surface area (Å²) < 4.78 is 3.94. The first-order valence-electron chi connectivity index (χ1n) is 4.43. The van der Waals surface area contributed by atoms with E-state index in [2.05, 4.69) is 15.8 Å². The predicted molar refractivity (Wildman–Crippen MR) is 54.7 cm³/mol. The molecule has 0 bridgehead atoms. The molecule has 0 radical (unpaired) electrons. The molecule has 0 aromatic rings. The highest BCUT2D eigenvalue weighted by Crippen LogP contribution is 1.76. The Bertz CT molecular complexity index is 141. The predicted octanol–water partition coefficient (Wildman–Crippen LogP) is -3.11. The van der Waals surface area contributed by atoms with Gasteiger partial charge in [0.15, 0.2) is 6.29 Å². The van der Waals surface area contributed by atoms with Gasteiger partial charge in [-0.3, -0.25) is 0 Å². The van der Waals surface area contributed by atoms with Crippen molar-refractivity contribution in [3.05, 3.63) is 0 Å². The molecule has 0 atom stereocenters. The summed E-state index contributed by atoms with van der Waals surface area (Å²) in [6.07, 6.45) is -2.65. The number of carbonyl (C=O) groups is 1. The summed E-state index contributed by atoms with van der Waals surface area (Å²) in [5.41, 5.74) is 14.8.